The lowest BCUT2D eigenvalue weighted by Crippen LogP contribution is -2.39. The number of allylic oxidation sites excluding steroid dienone is 1. The molecule has 1 aliphatic rings. The summed E-state index contributed by atoms with van der Waals surface area (Å²) in [4.78, 5) is 38.2. The van der Waals surface area contributed by atoms with Gasteiger partial charge in [0.1, 0.15) is 0 Å². The molecule has 2 amide bonds. The molecule has 0 bridgehead atoms. The van der Waals surface area contributed by atoms with Crippen LogP contribution in [0, 0.1) is 5.92 Å². The molecule has 48 heavy (non-hydrogen) atoms. The van der Waals surface area contributed by atoms with Crippen molar-refractivity contribution in [2.24, 2.45) is 5.92 Å². The second-order valence-corrected chi connectivity index (χ2v) is 10.9. The fraction of sp³-hybridized carbons (Fsp3) is 0.361. The standard InChI is InChI=1S/C36H43N3O9/c1-3-47-36-28(16-18-45-20-21-46-19-17-40)29(25-12-14-27(15-13-25)35(43)44-2)22-32(48-36)34(42)38-23-24-8-10-26(11-9-24)33(41)39-31-7-5-4-6-30(31)37/h4-15,22,28-29,36,40H,3,16-21,23,37H2,1-2H3,(H,38,42)(H,39,41)/t28-,29-,36-/m1/s1. The Balaban J connectivity index is 1.46. The fourth-order valence-electron chi connectivity index (χ4n) is 5.23. The van der Waals surface area contributed by atoms with E-state index in [9.17, 15) is 14.4 Å². The van der Waals surface area contributed by atoms with Crippen LogP contribution in [-0.2, 0) is 35.0 Å². The molecule has 4 rings (SSSR count). The quantitative estimate of drug-likeness (QED) is 0.0943. The molecule has 0 saturated heterocycles. The number of benzene rings is 3. The number of nitrogen functional groups attached to an aromatic ring is 1. The maximum absolute atomic E-state index is 13.4. The number of carbonyl (C=O) groups is 3. The number of carbonyl (C=O) groups excluding carboxylic acids is 3. The molecule has 0 aromatic heterocycles. The molecule has 0 radical (unpaired) electrons. The van der Waals surface area contributed by atoms with Gasteiger partial charge in [-0.2, -0.15) is 0 Å². The summed E-state index contributed by atoms with van der Waals surface area (Å²) < 4.78 is 28.0. The first-order valence-corrected chi connectivity index (χ1v) is 15.8. The number of hydrogen-bond donors (Lipinski definition) is 4. The smallest absolute Gasteiger partial charge is 0.337 e. The minimum Gasteiger partial charge on any atom is -0.465 e. The van der Waals surface area contributed by atoms with E-state index in [-0.39, 0.29) is 43.3 Å². The Morgan fingerprint density at radius 1 is 0.875 bits per heavy atom. The molecule has 0 spiro atoms. The SMILES string of the molecule is CCO[C@@H]1OC(C(=O)NCc2ccc(C(=O)Nc3ccccc3N)cc2)=C[C@H](c2ccc(C(=O)OC)cc2)[C@H]1CCOCCOCCO. The van der Waals surface area contributed by atoms with Gasteiger partial charge in [-0.25, -0.2) is 4.79 Å². The predicted octanol–water partition coefficient (Wildman–Crippen LogP) is 4.02. The normalized spacial score (nSPS) is 17.1. The Kier molecular flexibility index (Phi) is 13.9. The summed E-state index contributed by atoms with van der Waals surface area (Å²) in [6, 6.07) is 20.9. The van der Waals surface area contributed by atoms with Crippen LogP contribution in [0.4, 0.5) is 11.4 Å². The summed E-state index contributed by atoms with van der Waals surface area (Å²) in [5.41, 5.74) is 9.43. The van der Waals surface area contributed by atoms with Crippen molar-refractivity contribution < 1.29 is 43.2 Å². The van der Waals surface area contributed by atoms with Crippen molar-refractivity contribution in [2.75, 3.05) is 57.8 Å². The van der Waals surface area contributed by atoms with Crippen LogP contribution >= 0.6 is 0 Å². The third kappa shape index (κ3) is 10.1. The van der Waals surface area contributed by atoms with E-state index in [1.807, 2.05) is 19.1 Å². The fourth-order valence-corrected chi connectivity index (χ4v) is 5.23. The molecule has 256 valence electrons. The second kappa shape index (κ2) is 18.6. The zero-order chi connectivity index (χ0) is 34.3. The number of amides is 2. The first-order chi connectivity index (χ1) is 23.3. The molecule has 0 aliphatic carbocycles. The Labute approximate surface area is 280 Å². The molecular weight excluding hydrogens is 618 g/mol. The van der Waals surface area contributed by atoms with Crippen LogP contribution in [-0.4, -0.2) is 75.9 Å². The number of nitrogens with two attached hydrogens (primary N) is 1. The van der Waals surface area contributed by atoms with Gasteiger partial charge in [0.25, 0.3) is 11.8 Å². The third-order valence-electron chi connectivity index (χ3n) is 7.74. The number of rotatable bonds is 17. The van der Waals surface area contributed by atoms with Crippen molar-refractivity contribution >= 4 is 29.2 Å². The van der Waals surface area contributed by atoms with Crippen molar-refractivity contribution in [2.45, 2.75) is 32.1 Å². The Morgan fingerprint density at radius 2 is 1.56 bits per heavy atom. The molecule has 5 N–H and O–H groups in total. The molecule has 3 atom stereocenters. The van der Waals surface area contributed by atoms with Crippen LogP contribution in [0.1, 0.15) is 51.1 Å². The Hall–Kier alpha value is -4.75. The number of nitrogens with one attached hydrogen (secondary N) is 2. The summed E-state index contributed by atoms with van der Waals surface area (Å²) in [6.07, 6.45) is 1.59. The van der Waals surface area contributed by atoms with E-state index in [1.54, 1.807) is 66.7 Å². The van der Waals surface area contributed by atoms with E-state index < -0.39 is 18.2 Å². The van der Waals surface area contributed by atoms with E-state index in [0.29, 0.717) is 55.4 Å². The first-order valence-electron chi connectivity index (χ1n) is 15.8. The van der Waals surface area contributed by atoms with Gasteiger partial charge in [-0.3, -0.25) is 9.59 Å². The lowest BCUT2D eigenvalue weighted by Gasteiger charge is -2.37. The number of anilines is 2. The highest BCUT2D eigenvalue weighted by Crippen LogP contribution is 2.39. The predicted molar refractivity (Wildman–Crippen MR) is 179 cm³/mol. The lowest BCUT2D eigenvalue weighted by molar-refractivity contribution is -0.168. The van der Waals surface area contributed by atoms with E-state index in [4.69, 9.17) is 34.5 Å². The number of aliphatic hydroxyl groups is 1. The molecule has 12 heteroatoms. The number of hydrogen-bond acceptors (Lipinski definition) is 10. The van der Waals surface area contributed by atoms with Crippen LogP contribution in [0.3, 0.4) is 0 Å². The third-order valence-corrected chi connectivity index (χ3v) is 7.74. The maximum Gasteiger partial charge on any atom is 0.337 e. The average Bonchev–Trinajstić information content (AvgIpc) is 3.11. The second-order valence-electron chi connectivity index (χ2n) is 10.9. The molecule has 0 unspecified atom stereocenters. The van der Waals surface area contributed by atoms with Gasteiger partial charge in [0.15, 0.2) is 5.76 Å². The summed E-state index contributed by atoms with van der Waals surface area (Å²) in [5.74, 6) is -1.57. The van der Waals surface area contributed by atoms with Gasteiger partial charge < -0.3 is 45.2 Å². The monoisotopic (exact) mass is 661 g/mol. The summed E-state index contributed by atoms with van der Waals surface area (Å²) in [5, 5.41) is 14.6. The van der Waals surface area contributed by atoms with Crippen molar-refractivity contribution in [3.63, 3.8) is 0 Å². The van der Waals surface area contributed by atoms with Crippen LogP contribution in [0.25, 0.3) is 0 Å². The number of para-hydroxylation sites is 2. The van der Waals surface area contributed by atoms with E-state index in [1.165, 1.54) is 7.11 Å². The van der Waals surface area contributed by atoms with Gasteiger partial charge in [0, 0.05) is 37.2 Å². The molecule has 3 aromatic rings. The minimum absolute atomic E-state index is 0.0510. The average molecular weight is 662 g/mol. The molecular formula is C36H43N3O9. The number of aliphatic hydroxyl groups excluding tert-OH is 1. The van der Waals surface area contributed by atoms with Crippen molar-refractivity contribution in [3.05, 3.63) is 107 Å². The van der Waals surface area contributed by atoms with Crippen molar-refractivity contribution in [1.29, 1.82) is 0 Å². The highest BCUT2D eigenvalue weighted by Gasteiger charge is 2.38. The first kappa shape index (κ1) is 36.1. The van der Waals surface area contributed by atoms with Crippen LogP contribution in [0.2, 0.25) is 0 Å². The molecule has 3 aromatic carbocycles. The van der Waals surface area contributed by atoms with Crippen molar-refractivity contribution in [1.82, 2.24) is 5.32 Å². The van der Waals surface area contributed by atoms with E-state index >= 15 is 0 Å². The number of methoxy groups -OCH3 is 1. The maximum atomic E-state index is 13.4. The van der Waals surface area contributed by atoms with Crippen molar-refractivity contribution in [3.8, 4) is 0 Å². The Morgan fingerprint density at radius 3 is 2.23 bits per heavy atom. The number of esters is 1. The largest absolute Gasteiger partial charge is 0.465 e. The van der Waals surface area contributed by atoms with Gasteiger partial charge in [-0.15, -0.1) is 0 Å². The lowest BCUT2D eigenvalue weighted by atomic mass is 9.81. The summed E-state index contributed by atoms with van der Waals surface area (Å²) in [6.45, 7) is 3.71. The topological polar surface area (TPSA) is 168 Å². The molecule has 0 saturated carbocycles. The molecule has 0 fully saturated rings. The highest BCUT2D eigenvalue weighted by molar-refractivity contribution is 6.05. The van der Waals surface area contributed by atoms with Crippen LogP contribution in [0.5, 0.6) is 0 Å². The van der Waals surface area contributed by atoms with Gasteiger partial charge in [-0.1, -0.05) is 36.4 Å². The van der Waals surface area contributed by atoms with Gasteiger partial charge in [0.05, 0.1) is 50.5 Å². The number of ether oxygens (including phenoxy) is 5. The van der Waals surface area contributed by atoms with Gasteiger partial charge in [0.2, 0.25) is 6.29 Å². The van der Waals surface area contributed by atoms with E-state index in [0.717, 1.165) is 11.1 Å². The summed E-state index contributed by atoms with van der Waals surface area (Å²) >= 11 is 0. The Bertz CT molecular complexity index is 1530. The highest BCUT2D eigenvalue weighted by atomic mass is 16.7. The zero-order valence-electron chi connectivity index (χ0n) is 27.2. The zero-order valence-corrected chi connectivity index (χ0v) is 27.2. The van der Waals surface area contributed by atoms with Crippen LogP contribution in [0.15, 0.2) is 84.6 Å². The van der Waals surface area contributed by atoms with Gasteiger partial charge >= 0.3 is 5.97 Å². The minimum atomic E-state index is -0.739. The molecule has 1 aliphatic heterocycles. The van der Waals surface area contributed by atoms with Crippen LogP contribution < -0.4 is 16.4 Å². The molecule has 12 nitrogen and oxygen atoms in total. The molecule has 1 heterocycles. The van der Waals surface area contributed by atoms with E-state index in [2.05, 4.69) is 10.6 Å². The summed E-state index contributed by atoms with van der Waals surface area (Å²) in [7, 11) is 1.33. The van der Waals surface area contributed by atoms with Gasteiger partial charge in [-0.05, 0) is 66.9 Å².